The second-order valence-electron chi connectivity index (χ2n) is 6.99. The Kier molecular flexibility index (Phi) is 5.88. The summed E-state index contributed by atoms with van der Waals surface area (Å²) < 4.78 is 72.1. The van der Waals surface area contributed by atoms with Gasteiger partial charge in [0.2, 0.25) is 10.0 Å². The molecule has 170 valence electrons. The summed E-state index contributed by atoms with van der Waals surface area (Å²) in [5.74, 6) is -0.510. The smallest absolute Gasteiger partial charge is 0.379 e. The molecule has 4 rings (SSSR count). The molecule has 1 aliphatic rings. The molecule has 1 saturated heterocycles. The Hall–Kier alpha value is -3.03. The van der Waals surface area contributed by atoms with Crippen LogP contribution in [0, 0.1) is 0 Å². The monoisotopic (exact) mass is 469 g/mol. The Bertz CT molecular complexity index is 1250. The van der Waals surface area contributed by atoms with E-state index < -0.39 is 27.7 Å². The van der Waals surface area contributed by atoms with Crippen molar-refractivity contribution < 1.29 is 31.1 Å². The van der Waals surface area contributed by atoms with Gasteiger partial charge in [-0.05, 0) is 30.3 Å². The number of rotatable bonds is 5. The molecule has 3 aromatic rings. The lowest BCUT2D eigenvalue weighted by Crippen LogP contribution is -2.40. The van der Waals surface area contributed by atoms with Crippen LogP contribution in [0.2, 0.25) is 0 Å². The van der Waals surface area contributed by atoms with Crippen molar-refractivity contribution >= 4 is 21.6 Å². The number of nitrogens with one attached hydrogen (secondary N) is 1. The first-order valence-corrected chi connectivity index (χ1v) is 11.0. The third-order valence-corrected chi connectivity index (χ3v) is 6.81. The van der Waals surface area contributed by atoms with Gasteiger partial charge in [-0.15, -0.1) is 10.2 Å². The molecule has 1 fully saturated rings. The standard InChI is InChI=1S/C19H18F3N5O4S/c20-19(21,22)14-4-5-16-24-25-17(27(16)12-14)11-23-18(28)13-2-1-3-15(10-13)32(29,30)26-6-8-31-9-7-26/h1-5,10,12H,6-9,11H2,(H,23,28). The van der Waals surface area contributed by atoms with E-state index in [1.807, 2.05) is 0 Å². The summed E-state index contributed by atoms with van der Waals surface area (Å²) in [5, 5.41) is 10.1. The summed E-state index contributed by atoms with van der Waals surface area (Å²) in [4.78, 5) is 12.5. The third kappa shape index (κ3) is 4.45. The zero-order chi connectivity index (χ0) is 22.9. The Balaban J connectivity index is 1.51. The van der Waals surface area contributed by atoms with E-state index in [4.69, 9.17) is 4.74 Å². The number of alkyl halides is 3. The fraction of sp³-hybridized carbons (Fsp3) is 0.316. The number of halogens is 3. The third-order valence-electron chi connectivity index (χ3n) is 4.91. The molecule has 0 spiro atoms. The van der Waals surface area contributed by atoms with E-state index in [-0.39, 0.29) is 41.6 Å². The number of aromatic nitrogens is 3. The van der Waals surface area contributed by atoms with Crippen LogP contribution in [0.25, 0.3) is 5.65 Å². The molecule has 13 heteroatoms. The highest BCUT2D eigenvalue weighted by molar-refractivity contribution is 7.89. The lowest BCUT2D eigenvalue weighted by atomic mass is 10.2. The van der Waals surface area contributed by atoms with Crippen LogP contribution >= 0.6 is 0 Å². The summed E-state index contributed by atoms with van der Waals surface area (Å²) in [7, 11) is -3.78. The highest BCUT2D eigenvalue weighted by Gasteiger charge is 2.31. The Morgan fingerprint density at radius 3 is 2.59 bits per heavy atom. The number of ether oxygens (including phenoxy) is 1. The number of nitrogens with zero attached hydrogens (tertiary/aromatic N) is 4. The normalized spacial score (nSPS) is 15.7. The number of hydrogen-bond acceptors (Lipinski definition) is 6. The number of carbonyl (C=O) groups excluding carboxylic acids is 1. The second kappa shape index (κ2) is 8.48. The molecule has 0 saturated carbocycles. The van der Waals surface area contributed by atoms with Gasteiger partial charge in [0.1, 0.15) is 0 Å². The Morgan fingerprint density at radius 1 is 1.12 bits per heavy atom. The SMILES string of the molecule is O=C(NCc1nnc2ccc(C(F)(F)F)cn12)c1cccc(S(=O)(=O)N2CCOCC2)c1. The number of pyridine rings is 1. The zero-order valence-electron chi connectivity index (χ0n) is 16.5. The molecule has 0 atom stereocenters. The van der Waals surface area contributed by atoms with Crippen LogP contribution in [-0.4, -0.2) is 59.5 Å². The van der Waals surface area contributed by atoms with E-state index in [0.717, 1.165) is 16.7 Å². The predicted octanol–water partition coefficient (Wildman–Crippen LogP) is 1.70. The lowest BCUT2D eigenvalue weighted by Gasteiger charge is -2.26. The van der Waals surface area contributed by atoms with E-state index in [9.17, 15) is 26.4 Å². The minimum atomic E-state index is -4.54. The molecular formula is C19H18F3N5O4S. The number of morpholine rings is 1. The van der Waals surface area contributed by atoms with Crippen LogP contribution < -0.4 is 5.32 Å². The van der Waals surface area contributed by atoms with Gasteiger partial charge in [0.05, 0.1) is 30.2 Å². The van der Waals surface area contributed by atoms with E-state index in [2.05, 4.69) is 15.5 Å². The molecule has 0 radical (unpaired) electrons. The number of amides is 1. The fourth-order valence-electron chi connectivity index (χ4n) is 3.22. The van der Waals surface area contributed by atoms with Gasteiger partial charge in [0, 0.05) is 24.8 Å². The van der Waals surface area contributed by atoms with Crippen molar-refractivity contribution in [3.8, 4) is 0 Å². The van der Waals surface area contributed by atoms with Crippen molar-refractivity contribution in [3.05, 3.63) is 59.5 Å². The maximum atomic E-state index is 13.0. The molecule has 2 aromatic heterocycles. The second-order valence-corrected chi connectivity index (χ2v) is 8.92. The Morgan fingerprint density at radius 2 is 1.88 bits per heavy atom. The molecule has 3 heterocycles. The first-order valence-electron chi connectivity index (χ1n) is 9.53. The number of hydrogen-bond donors (Lipinski definition) is 1. The minimum Gasteiger partial charge on any atom is -0.379 e. The summed E-state index contributed by atoms with van der Waals surface area (Å²) in [6.07, 6.45) is -3.68. The highest BCUT2D eigenvalue weighted by Crippen LogP contribution is 2.29. The predicted molar refractivity (Wildman–Crippen MR) is 105 cm³/mol. The van der Waals surface area contributed by atoms with Crippen LogP contribution in [0.3, 0.4) is 0 Å². The van der Waals surface area contributed by atoms with Crippen LogP contribution in [0.15, 0.2) is 47.5 Å². The van der Waals surface area contributed by atoms with Gasteiger partial charge >= 0.3 is 6.18 Å². The van der Waals surface area contributed by atoms with Crippen molar-refractivity contribution in [1.82, 2.24) is 24.2 Å². The molecule has 9 nitrogen and oxygen atoms in total. The van der Waals surface area contributed by atoms with Gasteiger partial charge in [-0.1, -0.05) is 6.07 Å². The maximum Gasteiger partial charge on any atom is 0.417 e. The van der Waals surface area contributed by atoms with E-state index in [1.54, 1.807) is 0 Å². The van der Waals surface area contributed by atoms with Crippen molar-refractivity contribution in [2.75, 3.05) is 26.3 Å². The molecule has 1 N–H and O–H groups in total. The molecule has 1 aromatic carbocycles. The number of benzene rings is 1. The van der Waals surface area contributed by atoms with Gasteiger partial charge in [-0.2, -0.15) is 17.5 Å². The number of carbonyl (C=O) groups is 1. The molecule has 0 bridgehead atoms. The number of fused-ring (bicyclic) bond motifs is 1. The lowest BCUT2D eigenvalue weighted by molar-refractivity contribution is -0.137. The van der Waals surface area contributed by atoms with Gasteiger partial charge in [-0.3, -0.25) is 9.20 Å². The molecule has 32 heavy (non-hydrogen) atoms. The number of sulfonamides is 1. The largest absolute Gasteiger partial charge is 0.417 e. The van der Waals surface area contributed by atoms with Gasteiger partial charge in [-0.25, -0.2) is 8.42 Å². The summed E-state index contributed by atoms with van der Waals surface area (Å²) in [6, 6.07) is 7.62. The average Bonchev–Trinajstić information content (AvgIpc) is 3.20. The Labute approximate surface area is 180 Å². The van der Waals surface area contributed by atoms with Crippen molar-refractivity contribution in [2.24, 2.45) is 0 Å². The average molecular weight is 469 g/mol. The quantitative estimate of drug-likeness (QED) is 0.610. The van der Waals surface area contributed by atoms with Gasteiger partial charge in [0.15, 0.2) is 11.5 Å². The van der Waals surface area contributed by atoms with E-state index in [1.165, 1.54) is 34.6 Å². The molecule has 0 aliphatic carbocycles. The first kappa shape index (κ1) is 22.2. The molecular weight excluding hydrogens is 451 g/mol. The zero-order valence-corrected chi connectivity index (χ0v) is 17.4. The summed E-state index contributed by atoms with van der Waals surface area (Å²) in [6.45, 7) is 0.822. The van der Waals surface area contributed by atoms with E-state index >= 15 is 0 Å². The van der Waals surface area contributed by atoms with Crippen LogP contribution in [-0.2, 0) is 27.5 Å². The minimum absolute atomic E-state index is 0.0326. The summed E-state index contributed by atoms with van der Waals surface area (Å²) >= 11 is 0. The highest BCUT2D eigenvalue weighted by atomic mass is 32.2. The van der Waals surface area contributed by atoms with Gasteiger partial charge in [0.25, 0.3) is 5.91 Å². The summed E-state index contributed by atoms with van der Waals surface area (Å²) in [5.41, 5.74) is -0.594. The first-order chi connectivity index (χ1) is 15.2. The van der Waals surface area contributed by atoms with Crippen molar-refractivity contribution in [3.63, 3.8) is 0 Å². The van der Waals surface area contributed by atoms with Crippen molar-refractivity contribution in [1.29, 1.82) is 0 Å². The van der Waals surface area contributed by atoms with E-state index in [0.29, 0.717) is 13.2 Å². The van der Waals surface area contributed by atoms with Crippen LogP contribution in [0.4, 0.5) is 13.2 Å². The fourth-order valence-corrected chi connectivity index (χ4v) is 4.68. The van der Waals surface area contributed by atoms with Crippen LogP contribution in [0.5, 0.6) is 0 Å². The topological polar surface area (TPSA) is 106 Å². The maximum absolute atomic E-state index is 13.0. The molecule has 1 amide bonds. The van der Waals surface area contributed by atoms with Gasteiger partial charge < -0.3 is 10.1 Å². The molecule has 1 aliphatic heterocycles. The van der Waals surface area contributed by atoms with Crippen molar-refractivity contribution in [2.45, 2.75) is 17.6 Å². The molecule has 0 unspecified atom stereocenters. The van der Waals surface area contributed by atoms with Crippen LogP contribution in [0.1, 0.15) is 21.7 Å².